The van der Waals surface area contributed by atoms with E-state index in [9.17, 15) is 4.79 Å². The third-order valence-electron chi connectivity index (χ3n) is 2.80. The van der Waals surface area contributed by atoms with E-state index in [4.69, 9.17) is 9.47 Å². The topological polar surface area (TPSA) is 35.5 Å². The van der Waals surface area contributed by atoms with E-state index in [1.54, 1.807) is 0 Å². The maximum atomic E-state index is 10.7. The molecule has 13 heavy (non-hydrogen) atoms. The van der Waals surface area contributed by atoms with Crippen LogP contribution in [0.2, 0.25) is 0 Å². The highest BCUT2D eigenvalue weighted by Crippen LogP contribution is 2.32. The highest BCUT2D eigenvalue weighted by atomic mass is 16.7. The van der Waals surface area contributed by atoms with Gasteiger partial charge in [0.2, 0.25) is 0 Å². The third-order valence-corrected chi connectivity index (χ3v) is 2.80. The second-order valence-corrected chi connectivity index (χ2v) is 3.78. The van der Waals surface area contributed by atoms with Gasteiger partial charge in [0.05, 0.1) is 0 Å². The van der Waals surface area contributed by atoms with E-state index >= 15 is 0 Å². The molecule has 0 amide bonds. The van der Waals surface area contributed by atoms with E-state index in [1.165, 1.54) is 12.8 Å². The molecule has 76 valence electrons. The summed E-state index contributed by atoms with van der Waals surface area (Å²) in [7, 11) is 0. The van der Waals surface area contributed by atoms with Crippen LogP contribution in [0.1, 0.15) is 39.5 Å². The Kier molecular flexibility index (Phi) is 3.58. The van der Waals surface area contributed by atoms with Crippen molar-refractivity contribution >= 4 is 6.16 Å². The Balaban J connectivity index is 2.44. The van der Waals surface area contributed by atoms with E-state index < -0.39 is 6.16 Å². The van der Waals surface area contributed by atoms with Gasteiger partial charge in [-0.25, -0.2) is 4.79 Å². The van der Waals surface area contributed by atoms with Crippen molar-refractivity contribution in [3.05, 3.63) is 0 Å². The van der Waals surface area contributed by atoms with Gasteiger partial charge in [-0.1, -0.05) is 26.7 Å². The maximum Gasteiger partial charge on any atom is 0.508 e. The molecule has 0 radical (unpaired) electrons. The Labute approximate surface area is 79.4 Å². The summed E-state index contributed by atoms with van der Waals surface area (Å²) in [4.78, 5) is 10.7. The van der Waals surface area contributed by atoms with Gasteiger partial charge >= 0.3 is 6.16 Å². The molecule has 1 aliphatic rings. The van der Waals surface area contributed by atoms with Gasteiger partial charge in [-0.2, -0.15) is 0 Å². The molecule has 1 rings (SSSR count). The molecule has 0 N–H and O–H groups in total. The molecule has 0 aromatic carbocycles. The van der Waals surface area contributed by atoms with E-state index in [0.29, 0.717) is 13.2 Å². The standard InChI is InChI=1S/C10H18O3/c1-3-5-6-10(4-2)7-12-9(11)13-8-10/h3-8H2,1-2H3. The van der Waals surface area contributed by atoms with Crippen LogP contribution in [0.5, 0.6) is 0 Å². The lowest BCUT2D eigenvalue weighted by Crippen LogP contribution is -2.38. The Hall–Kier alpha value is -0.730. The molecule has 0 aliphatic carbocycles. The molecule has 0 saturated carbocycles. The fraction of sp³-hybridized carbons (Fsp3) is 0.900. The normalized spacial score (nSPS) is 20.6. The average Bonchev–Trinajstić information content (AvgIpc) is 2.18. The first kappa shape index (κ1) is 10.4. The first-order chi connectivity index (χ1) is 6.22. The molecule has 3 heteroatoms. The molecule has 0 atom stereocenters. The number of unbranched alkanes of at least 4 members (excludes halogenated alkanes) is 1. The van der Waals surface area contributed by atoms with Gasteiger partial charge in [0.1, 0.15) is 13.2 Å². The molecule has 1 fully saturated rings. The van der Waals surface area contributed by atoms with Crippen molar-refractivity contribution in [3.8, 4) is 0 Å². The lowest BCUT2D eigenvalue weighted by Gasteiger charge is -2.34. The molecule has 3 nitrogen and oxygen atoms in total. The third kappa shape index (κ3) is 2.61. The van der Waals surface area contributed by atoms with E-state index in [0.717, 1.165) is 12.8 Å². The minimum absolute atomic E-state index is 0.0872. The lowest BCUT2D eigenvalue weighted by molar-refractivity contribution is -0.0655. The summed E-state index contributed by atoms with van der Waals surface area (Å²) in [6.07, 6.45) is 3.94. The highest BCUT2D eigenvalue weighted by Gasteiger charge is 2.35. The summed E-state index contributed by atoms with van der Waals surface area (Å²) >= 11 is 0. The van der Waals surface area contributed by atoms with Crippen LogP contribution in [-0.4, -0.2) is 19.4 Å². The predicted molar refractivity (Wildman–Crippen MR) is 49.5 cm³/mol. The van der Waals surface area contributed by atoms with Gasteiger partial charge in [0.25, 0.3) is 0 Å². The van der Waals surface area contributed by atoms with Gasteiger partial charge in [-0.15, -0.1) is 0 Å². The van der Waals surface area contributed by atoms with Crippen LogP contribution >= 0.6 is 0 Å². The van der Waals surface area contributed by atoms with Gasteiger partial charge in [-0.3, -0.25) is 0 Å². The van der Waals surface area contributed by atoms with Crippen LogP contribution in [0.4, 0.5) is 4.79 Å². The van der Waals surface area contributed by atoms with Crippen molar-refractivity contribution in [2.45, 2.75) is 39.5 Å². The van der Waals surface area contributed by atoms with Crippen molar-refractivity contribution in [1.29, 1.82) is 0 Å². The molecule has 0 aromatic rings. The zero-order valence-corrected chi connectivity index (χ0v) is 8.47. The first-order valence-electron chi connectivity index (χ1n) is 5.02. The Morgan fingerprint density at radius 1 is 1.31 bits per heavy atom. The van der Waals surface area contributed by atoms with E-state index in [2.05, 4.69) is 13.8 Å². The van der Waals surface area contributed by atoms with Gasteiger partial charge < -0.3 is 9.47 Å². The average molecular weight is 186 g/mol. The Morgan fingerprint density at radius 3 is 2.38 bits per heavy atom. The predicted octanol–water partition coefficient (Wildman–Crippen LogP) is 2.74. The van der Waals surface area contributed by atoms with Crippen molar-refractivity contribution < 1.29 is 14.3 Å². The van der Waals surface area contributed by atoms with Gasteiger partial charge in [-0.05, 0) is 12.8 Å². The summed E-state index contributed by atoms with van der Waals surface area (Å²) < 4.78 is 9.84. The molecule has 1 aliphatic heterocycles. The summed E-state index contributed by atoms with van der Waals surface area (Å²) in [5, 5.41) is 0. The van der Waals surface area contributed by atoms with Crippen molar-refractivity contribution in [2.75, 3.05) is 13.2 Å². The summed E-state index contributed by atoms with van der Waals surface area (Å²) in [5.41, 5.74) is 0.0872. The second kappa shape index (κ2) is 4.49. The summed E-state index contributed by atoms with van der Waals surface area (Å²) in [5.74, 6) is 0. The molecular weight excluding hydrogens is 168 g/mol. The number of cyclic esters (lactones) is 2. The van der Waals surface area contributed by atoms with Crippen LogP contribution in [0.15, 0.2) is 0 Å². The molecule has 1 saturated heterocycles. The minimum Gasteiger partial charge on any atom is -0.434 e. The lowest BCUT2D eigenvalue weighted by atomic mass is 9.81. The number of hydrogen-bond donors (Lipinski definition) is 0. The summed E-state index contributed by atoms with van der Waals surface area (Å²) in [6, 6.07) is 0. The van der Waals surface area contributed by atoms with Gasteiger partial charge in [0.15, 0.2) is 0 Å². The number of hydrogen-bond acceptors (Lipinski definition) is 3. The monoisotopic (exact) mass is 186 g/mol. The minimum atomic E-state index is -0.513. The SMILES string of the molecule is CCCCC1(CC)COC(=O)OC1. The van der Waals surface area contributed by atoms with Crippen LogP contribution < -0.4 is 0 Å². The molecule has 0 unspecified atom stereocenters. The van der Waals surface area contributed by atoms with Crippen molar-refractivity contribution in [1.82, 2.24) is 0 Å². The van der Waals surface area contributed by atoms with E-state index in [-0.39, 0.29) is 5.41 Å². The number of carbonyl (C=O) groups excluding carboxylic acids is 1. The Morgan fingerprint density at radius 2 is 1.92 bits per heavy atom. The molecular formula is C10H18O3. The molecule has 1 heterocycles. The van der Waals surface area contributed by atoms with Crippen LogP contribution in [0.3, 0.4) is 0 Å². The largest absolute Gasteiger partial charge is 0.508 e. The van der Waals surface area contributed by atoms with Crippen LogP contribution in [-0.2, 0) is 9.47 Å². The Bertz CT molecular complexity index is 167. The van der Waals surface area contributed by atoms with E-state index in [1.807, 2.05) is 0 Å². The molecule has 0 aromatic heterocycles. The fourth-order valence-corrected chi connectivity index (χ4v) is 1.58. The maximum absolute atomic E-state index is 10.7. The first-order valence-corrected chi connectivity index (χ1v) is 5.02. The van der Waals surface area contributed by atoms with Crippen LogP contribution in [0.25, 0.3) is 0 Å². The highest BCUT2D eigenvalue weighted by molar-refractivity contribution is 5.60. The van der Waals surface area contributed by atoms with Gasteiger partial charge in [0, 0.05) is 5.41 Å². The summed E-state index contributed by atoms with van der Waals surface area (Å²) in [6.45, 7) is 5.35. The van der Waals surface area contributed by atoms with Crippen LogP contribution in [0, 0.1) is 5.41 Å². The molecule has 0 spiro atoms. The quantitative estimate of drug-likeness (QED) is 0.633. The number of rotatable bonds is 4. The number of ether oxygens (including phenoxy) is 2. The van der Waals surface area contributed by atoms with Crippen molar-refractivity contribution in [2.24, 2.45) is 5.41 Å². The zero-order valence-electron chi connectivity index (χ0n) is 8.47. The fourth-order valence-electron chi connectivity index (χ4n) is 1.58. The van der Waals surface area contributed by atoms with Crippen molar-refractivity contribution in [3.63, 3.8) is 0 Å². The zero-order chi connectivity index (χ0) is 9.73. The smallest absolute Gasteiger partial charge is 0.434 e. The molecule has 0 bridgehead atoms. The number of carbonyl (C=O) groups is 1. The second-order valence-electron chi connectivity index (χ2n) is 3.78.